The molecule has 0 aliphatic heterocycles. The number of hydrogen-bond acceptors (Lipinski definition) is 6. The minimum Gasteiger partial charge on any atom is -0.507 e. The van der Waals surface area contributed by atoms with E-state index in [2.05, 4.69) is 10.3 Å². The molecule has 1 heterocycles. The molecule has 37 heavy (non-hydrogen) atoms. The van der Waals surface area contributed by atoms with Crippen molar-refractivity contribution in [1.29, 1.82) is 0 Å². The van der Waals surface area contributed by atoms with Crippen LogP contribution >= 0.6 is 11.6 Å². The Morgan fingerprint density at radius 2 is 1.62 bits per heavy atom. The molecule has 0 aliphatic carbocycles. The van der Waals surface area contributed by atoms with Crippen molar-refractivity contribution < 1.29 is 19.2 Å². The Kier molecular flexibility index (Phi) is 6.40. The van der Waals surface area contributed by atoms with Gasteiger partial charge in [0.2, 0.25) is 11.8 Å². The number of nitro groups is 1. The molecular formula is C28H18ClN3O5. The van der Waals surface area contributed by atoms with E-state index in [0.29, 0.717) is 38.5 Å². The number of hydrogen-bond donors (Lipinski definition) is 2. The number of halogens is 1. The maximum absolute atomic E-state index is 12.9. The number of anilines is 1. The van der Waals surface area contributed by atoms with Crippen LogP contribution < -0.4 is 5.32 Å². The van der Waals surface area contributed by atoms with E-state index in [1.54, 1.807) is 72.8 Å². The van der Waals surface area contributed by atoms with Gasteiger partial charge < -0.3 is 9.52 Å². The maximum atomic E-state index is 12.9. The summed E-state index contributed by atoms with van der Waals surface area (Å²) in [4.78, 5) is 28.1. The molecular weight excluding hydrogens is 494 g/mol. The van der Waals surface area contributed by atoms with Crippen LogP contribution in [0.4, 0.5) is 11.6 Å². The predicted octanol–water partition coefficient (Wildman–Crippen LogP) is 7.20. The number of carbonyl (C=O) groups excluding carboxylic acids is 1. The Morgan fingerprint density at radius 1 is 0.892 bits per heavy atom. The third-order valence-corrected chi connectivity index (χ3v) is 5.86. The largest absolute Gasteiger partial charge is 0.507 e. The Balaban J connectivity index is 1.63. The van der Waals surface area contributed by atoms with Crippen LogP contribution in [-0.2, 0) is 0 Å². The van der Waals surface area contributed by atoms with Crippen LogP contribution in [-0.4, -0.2) is 20.9 Å². The van der Waals surface area contributed by atoms with Crippen LogP contribution in [0.3, 0.4) is 0 Å². The standard InChI is InChI=1S/C28H18ClN3O5/c29-19-10-6-9-18(15-19)25-28(31-26(34)17-7-2-1-3-8-17)37-27(30-25)23-12-5-4-11-21(23)22-14-13-20(32(35)36)16-24(22)33/h1-16,33H,(H,31,34). The zero-order valence-electron chi connectivity index (χ0n) is 19.1. The second-order valence-corrected chi connectivity index (χ2v) is 8.47. The number of benzene rings is 4. The van der Waals surface area contributed by atoms with Crippen molar-refractivity contribution in [2.24, 2.45) is 0 Å². The Bertz CT molecular complexity index is 1630. The van der Waals surface area contributed by atoms with Gasteiger partial charge in [0.15, 0.2) is 0 Å². The summed E-state index contributed by atoms with van der Waals surface area (Å²) in [7, 11) is 0. The average molecular weight is 512 g/mol. The van der Waals surface area contributed by atoms with Crippen LogP contribution in [0.25, 0.3) is 33.8 Å². The highest BCUT2D eigenvalue weighted by atomic mass is 35.5. The average Bonchev–Trinajstić information content (AvgIpc) is 3.32. The highest BCUT2D eigenvalue weighted by Crippen LogP contribution is 2.41. The lowest BCUT2D eigenvalue weighted by Gasteiger charge is -2.09. The van der Waals surface area contributed by atoms with Gasteiger partial charge in [-0.2, -0.15) is 0 Å². The monoisotopic (exact) mass is 511 g/mol. The molecule has 0 aliphatic rings. The van der Waals surface area contributed by atoms with Gasteiger partial charge in [-0.05, 0) is 42.0 Å². The van der Waals surface area contributed by atoms with Crippen LogP contribution in [0, 0.1) is 10.1 Å². The van der Waals surface area contributed by atoms with Crippen molar-refractivity contribution in [1.82, 2.24) is 4.98 Å². The Labute approximate surface area is 216 Å². The minimum atomic E-state index is -0.581. The number of phenols is 1. The maximum Gasteiger partial charge on any atom is 0.273 e. The first-order valence-electron chi connectivity index (χ1n) is 11.1. The summed E-state index contributed by atoms with van der Waals surface area (Å²) in [6, 6.07) is 26.5. The number of oxazole rings is 1. The van der Waals surface area contributed by atoms with E-state index >= 15 is 0 Å². The summed E-state index contributed by atoms with van der Waals surface area (Å²) in [6.45, 7) is 0. The molecule has 0 unspecified atom stereocenters. The van der Waals surface area contributed by atoms with Crippen molar-refractivity contribution in [3.05, 3.63) is 118 Å². The molecule has 0 bridgehead atoms. The number of non-ortho nitro benzene ring substituents is 1. The van der Waals surface area contributed by atoms with Crippen molar-refractivity contribution in [2.45, 2.75) is 0 Å². The second kappa shape index (κ2) is 9.96. The number of aromatic nitrogens is 1. The highest BCUT2D eigenvalue weighted by Gasteiger charge is 2.22. The van der Waals surface area contributed by atoms with E-state index in [0.717, 1.165) is 6.07 Å². The number of nitro benzene ring substituents is 1. The molecule has 182 valence electrons. The summed E-state index contributed by atoms with van der Waals surface area (Å²) >= 11 is 6.21. The van der Waals surface area contributed by atoms with Gasteiger partial charge in [0, 0.05) is 33.3 Å². The van der Waals surface area contributed by atoms with Gasteiger partial charge in [-0.1, -0.05) is 60.1 Å². The summed E-state index contributed by atoms with van der Waals surface area (Å²) in [6.07, 6.45) is 0. The minimum absolute atomic E-state index is 0.119. The molecule has 0 saturated heterocycles. The fourth-order valence-electron chi connectivity index (χ4n) is 3.88. The number of amides is 1. The molecule has 0 atom stereocenters. The number of nitrogens with one attached hydrogen (secondary N) is 1. The quantitative estimate of drug-likeness (QED) is 0.184. The number of aromatic hydroxyl groups is 1. The summed E-state index contributed by atoms with van der Waals surface area (Å²) in [5, 5.41) is 24.9. The summed E-state index contributed by atoms with van der Waals surface area (Å²) in [5.41, 5.74) is 2.60. The van der Waals surface area contributed by atoms with Gasteiger partial charge >= 0.3 is 0 Å². The zero-order valence-corrected chi connectivity index (χ0v) is 19.8. The van der Waals surface area contributed by atoms with E-state index in [4.69, 9.17) is 16.0 Å². The molecule has 0 spiro atoms. The Hall–Kier alpha value is -4.95. The smallest absolute Gasteiger partial charge is 0.273 e. The number of rotatable bonds is 6. The lowest BCUT2D eigenvalue weighted by Crippen LogP contribution is -2.11. The van der Waals surface area contributed by atoms with Crippen molar-refractivity contribution in [3.63, 3.8) is 0 Å². The van der Waals surface area contributed by atoms with E-state index in [1.807, 2.05) is 6.07 Å². The van der Waals surface area contributed by atoms with Crippen LogP contribution in [0.2, 0.25) is 5.02 Å². The lowest BCUT2D eigenvalue weighted by atomic mass is 9.98. The molecule has 5 rings (SSSR count). The van der Waals surface area contributed by atoms with Crippen LogP contribution in [0.1, 0.15) is 10.4 Å². The Morgan fingerprint density at radius 3 is 2.32 bits per heavy atom. The third-order valence-electron chi connectivity index (χ3n) is 5.63. The molecule has 0 saturated carbocycles. The van der Waals surface area contributed by atoms with E-state index in [1.165, 1.54) is 12.1 Å². The molecule has 5 aromatic rings. The molecule has 4 aromatic carbocycles. The van der Waals surface area contributed by atoms with Gasteiger partial charge in [0.05, 0.1) is 11.0 Å². The fraction of sp³-hybridized carbons (Fsp3) is 0. The van der Waals surface area contributed by atoms with Crippen molar-refractivity contribution in [3.8, 4) is 39.6 Å². The van der Waals surface area contributed by atoms with Gasteiger partial charge in [-0.25, -0.2) is 4.98 Å². The number of carbonyl (C=O) groups is 1. The molecule has 2 N–H and O–H groups in total. The molecule has 1 amide bonds. The fourth-order valence-corrected chi connectivity index (χ4v) is 4.07. The first kappa shape index (κ1) is 23.8. The predicted molar refractivity (Wildman–Crippen MR) is 141 cm³/mol. The molecule has 0 fully saturated rings. The van der Waals surface area contributed by atoms with E-state index in [-0.39, 0.29) is 29.1 Å². The van der Waals surface area contributed by atoms with Gasteiger partial charge in [0.1, 0.15) is 11.4 Å². The van der Waals surface area contributed by atoms with E-state index in [9.17, 15) is 20.0 Å². The highest BCUT2D eigenvalue weighted by molar-refractivity contribution is 6.30. The first-order chi connectivity index (χ1) is 17.9. The number of phenolic OH excluding ortho intramolecular Hbond substituents is 1. The summed E-state index contributed by atoms with van der Waals surface area (Å²) < 4.78 is 6.08. The SMILES string of the molecule is O=C(Nc1oc(-c2ccccc2-c2ccc([N+](=O)[O-])cc2O)nc1-c1cccc(Cl)c1)c1ccccc1. The molecule has 8 nitrogen and oxygen atoms in total. The molecule has 0 radical (unpaired) electrons. The molecule has 1 aromatic heterocycles. The zero-order chi connectivity index (χ0) is 25.9. The van der Waals surface area contributed by atoms with Crippen LogP contribution in [0.5, 0.6) is 5.75 Å². The topological polar surface area (TPSA) is 118 Å². The van der Waals surface area contributed by atoms with Gasteiger partial charge in [-0.3, -0.25) is 20.2 Å². The van der Waals surface area contributed by atoms with Gasteiger partial charge in [-0.15, -0.1) is 0 Å². The second-order valence-electron chi connectivity index (χ2n) is 8.03. The third kappa shape index (κ3) is 4.91. The lowest BCUT2D eigenvalue weighted by molar-refractivity contribution is -0.384. The normalized spacial score (nSPS) is 10.7. The first-order valence-corrected chi connectivity index (χ1v) is 11.5. The van der Waals surface area contributed by atoms with Crippen molar-refractivity contribution in [2.75, 3.05) is 5.32 Å². The van der Waals surface area contributed by atoms with E-state index < -0.39 is 4.92 Å². The molecule has 9 heteroatoms. The van der Waals surface area contributed by atoms with Crippen molar-refractivity contribution >= 4 is 29.1 Å². The van der Waals surface area contributed by atoms with Gasteiger partial charge in [0.25, 0.3) is 11.6 Å². The summed E-state index contributed by atoms with van der Waals surface area (Å²) in [5.74, 6) is -0.353. The number of nitrogens with zero attached hydrogens (tertiary/aromatic N) is 2. The van der Waals surface area contributed by atoms with Crippen LogP contribution in [0.15, 0.2) is 101 Å².